The van der Waals surface area contributed by atoms with Gasteiger partial charge in [-0.15, -0.1) is 4.98 Å². The summed E-state index contributed by atoms with van der Waals surface area (Å²) in [4.78, 5) is 28.8. The van der Waals surface area contributed by atoms with E-state index in [1.165, 1.54) is 28.8 Å². The number of halogens is 4. The Morgan fingerprint density at radius 2 is 1.85 bits per heavy atom. The minimum Gasteiger partial charge on any atom is -0.395 e. The second kappa shape index (κ2) is 10.9. The fourth-order valence-electron chi connectivity index (χ4n) is 5.37. The van der Waals surface area contributed by atoms with Crippen molar-refractivity contribution in [3.8, 4) is 0 Å². The number of alkyl halides is 3. The van der Waals surface area contributed by atoms with E-state index in [2.05, 4.69) is 14.8 Å². The molecule has 1 aromatic carbocycles. The van der Waals surface area contributed by atoms with Crippen LogP contribution < -0.4 is 10.5 Å². The number of fused-ring (bicyclic) bond motifs is 1. The van der Waals surface area contributed by atoms with E-state index in [4.69, 9.17) is 6.57 Å². The Morgan fingerprint density at radius 3 is 2.46 bits per heavy atom. The molecule has 3 aromatic heterocycles. The first-order valence-electron chi connectivity index (χ1n) is 12.8. The lowest BCUT2D eigenvalue weighted by Crippen LogP contribution is -2.60. The van der Waals surface area contributed by atoms with Gasteiger partial charge >= 0.3 is 6.18 Å². The quantitative estimate of drug-likeness (QED) is 0.279. The van der Waals surface area contributed by atoms with E-state index in [1.807, 2.05) is 16.7 Å². The van der Waals surface area contributed by atoms with Crippen LogP contribution in [0.25, 0.3) is 15.9 Å². The molecule has 41 heavy (non-hydrogen) atoms. The monoisotopic (exact) mass is 566 g/mol. The molecule has 0 amide bonds. The van der Waals surface area contributed by atoms with Crippen molar-refractivity contribution in [1.29, 1.82) is 0 Å². The van der Waals surface area contributed by atoms with Gasteiger partial charge in [0.05, 0.1) is 41.2 Å². The third-order valence-corrected chi connectivity index (χ3v) is 7.48. The van der Waals surface area contributed by atoms with Crippen LogP contribution in [-0.2, 0) is 13.2 Å². The van der Waals surface area contributed by atoms with Crippen LogP contribution in [0.3, 0.4) is 0 Å². The highest BCUT2D eigenvalue weighted by atomic mass is 19.4. The van der Waals surface area contributed by atoms with E-state index in [1.54, 1.807) is 31.3 Å². The Hall–Kier alpha value is -4.34. The summed E-state index contributed by atoms with van der Waals surface area (Å²) < 4.78 is 55.0. The Labute approximate surface area is 232 Å². The fraction of sp³-hybridized carbons (Fsp3) is 0.310. The molecule has 8 nitrogen and oxygen atoms in total. The largest absolute Gasteiger partial charge is 0.417 e. The molecule has 1 saturated heterocycles. The standard InChI is InChI=1S/C29H26F4N6O2/c1-17-14-39(28(18-4-7-20(30)8-5-18)22-9-6-19(13-35-22)29(31,32)33)21(16-40)15-38(17)24-12-26(41)37(3)23-10-11-25(34-2)36-27(23)24/h4-13,17,21,28,40H,14-16H2,1,3H3/t17-,21-,28?/m0/s1. The van der Waals surface area contributed by atoms with Crippen LogP contribution in [0.2, 0.25) is 0 Å². The molecule has 0 bridgehead atoms. The molecule has 4 aromatic rings. The first kappa shape index (κ1) is 28.2. The average Bonchev–Trinajstić information content (AvgIpc) is 2.96. The second-order valence-corrected chi connectivity index (χ2v) is 10.0. The molecule has 3 atom stereocenters. The maximum Gasteiger partial charge on any atom is 0.417 e. The average molecular weight is 567 g/mol. The summed E-state index contributed by atoms with van der Waals surface area (Å²) >= 11 is 0. The molecular weight excluding hydrogens is 540 g/mol. The van der Waals surface area contributed by atoms with Crippen molar-refractivity contribution < 1.29 is 22.7 Å². The van der Waals surface area contributed by atoms with Gasteiger partial charge in [-0.2, -0.15) is 13.2 Å². The van der Waals surface area contributed by atoms with Crippen molar-refractivity contribution in [2.45, 2.75) is 31.2 Å². The van der Waals surface area contributed by atoms with Crippen molar-refractivity contribution in [3.63, 3.8) is 0 Å². The molecule has 12 heteroatoms. The number of nitrogens with zero attached hydrogens (tertiary/aromatic N) is 6. The zero-order chi connectivity index (χ0) is 29.5. The first-order chi connectivity index (χ1) is 19.5. The minimum absolute atomic E-state index is 0.173. The maximum atomic E-state index is 13.8. The molecule has 5 rings (SSSR count). The van der Waals surface area contributed by atoms with Gasteiger partial charge in [0, 0.05) is 38.4 Å². The molecule has 0 radical (unpaired) electrons. The molecule has 0 spiro atoms. The van der Waals surface area contributed by atoms with Crippen molar-refractivity contribution in [2.24, 2.45) is 7.05 Å². The lowest BCUT2D eigenvalue weighted by atomic mass is 9.95. The summed E-state index contributed by atoms with van der Waals surface area (Å²) in [6.45, 7) is 9.54. The summed E-state index contributed by atoms with van der Waals surface area (Å²) in [6, 6.07) is 11.1. The van der Waals surface area contributed by atoms with E-state index in [-0.39, 0.29) is 30.6 Å². The maximum absolute atomic E-state index is 13.8. The van der Waals surface area contributed by atoms with Gasteiger partial charge in [0.1, 0.15) is 5.82 Å². The van der Waals surface area contributed by atoms with Gasteiger partial charge in [-0.1, -0.05) is 18.7 Å². The predicted molar refractivity (Wildman–Crippen MR) is 145 cm³/mol. The topological polar surface area (TPSA) is 78.8 Å². The molecule has 4 heterocycles. The lowest BCUT2D eigenvalue weighted by molar-refractivity contribution is -0.137. The van der Waals surface area contributed by atoms with Crippen molar-refractivity contribution in [1.82, 2.24) is 19.4 Å². The van der Waals surface area contributed by atoms with E-state index >= 15 is 0 Å². The first-order valence-corrected chi connectivity index (χ1v) is 12.8. The number of hydrogen-bond donors (Lipinski definition) is 1. The van der Waals surface area contributed by atoms with Gasteiger partial charge in [-0.25, -0.2) is 4.39 Å². The van der Waals surface area contributed by atoms with Crippen LogP contribution in [-0.4, -0.2) is 56.3 Å². The normalized spacial score (nSPS) is 18.8. The highest BCUT2D eigenvalue weighted by Crippen LogP contribution is 2.37. The molecule has 1 aliphatic heterocycles. The van der Waals surface area contributed by atoms with Crippen LogP contribution in [0.4, 0.5) is 29.1 Å². The second-order valence-electron chi connectivity index (χ2n) is 10.0. The van der Waals surface area contributed by atoms with E-state index in [9.17, 15) is 27.5 Å². The van der Waals surface area contributed by atoms with Crippen molar-refractivity contribution in [2.75, 3.05) is 24.6 Å². The number of pyridine rings is 3. The Bertz CT molecular complexity index is 1670. The Kier molecular flexibility index (Phi) is 7.50. The Balaban J connectivity index is 1.57. The molecule has 0 aliphatic carbocycles. The molecule has 1 aliphatic rings. The highest BCUT2D eigenvalue weighted by molar-refractivity contribution is 5.89. The number of benzene rings is 1. The zero-order valence-corrected chi connectivity index (χ0v) is 22.2. The van der Waals surface area contributed by atoms with Crippen LogP contribution in [0.15, 0.2) is 65.6 Å². The predicted octanol–water partition coefficient (Wildman–Crippen LogP) is 4.70. The fourth-order valence-corrected chi connectivity index (χ4v) is 5.37. The molecule has 1 unspecified atom stereocenters. The molecule has 0 saturated carbocycles. The van der Waals surface area contributed by atoms with Crippen LogP contribution in [0.1, 0.15) is 29.8 Å². The third kappa shape index (κ3) is 5.38. The third-order valence-electron chi connectivity index (χ3n) is 7.48. The molecular formula is C29H26F4N6O2. The number of anilines is 1. The van der Waals surface area contributed by atoms with E-state index < -0.39 is 29.6 Å². The molecule has 1 fully saturated rings. The number of aliphatic hydroxyl groups excluding tert-OH is 1. The van der Waals surface area contributed by atoms with Gasteiger partial charge < -0.3 is 19.4 Å². The van der Waals surface area contributed by atoms with Gasteiger partial charge in [0.25, 0.3) is 11.4 Å². The summed E-state index contributed by atoms with van der Waals surface area (Å²) in [5, 5.41) is 10.5. The lowest BCUT2D eigenvalue weighted by Gasteiger charge is -2.48. The van der Waals surface area contributed by atoms with E-state index in [0.29, 0.717) is 34.5 Å². The van der Waals surface area contributed by atoms with Gasteiger partial charge in [-0.05, 0) is 48.9 Å². The van der Waals surface area contributed by atoms with Crippen LogP contribution in [0, 0.1) is 12.4 Å². The summed E-state index contributed by atoms with van der Waals surface area (Å²) in [5.74, 6) is -0.291. The molecule has 212 valence electrons. The highest BCUT2D eigenvalue weighted by Gasteiger charge is 2.39. The van der Waals surface area contributed by atoms with Gasteiger partial charge in [0.15, 0.2) is 0 Å². The summed E-state index contributed by atoms with van der Waals surface area (Å²) in [6.07, 6.45) is -3.78. The number of aliphatic hydroxyl groups is 1. The number of rotatable bonds is 5. The SMILES string of the molecule is [C-]#[N+]c1ccc2c(n1)c(N1C[C@@H](CO)N(C(c3ccc(F)cc3)c3ccc(C(F)(F)F)cn3)C[C@@H]1C)cc(=O)n2C. The number of hydrogen-bond acceptors (Lipinski definition) is 6. The molecule has 1 N–H and O–H groups in total. The van der Waals surface area contributed by atoms with Gasteiger partial charge in [0.2, 0.25) is 5.52 Å². The Morgan fingerprint density at radius 1 is 1.12 bits per heavy atom. The number of aromatic nitrogens is 3. The van der Waals surface area contributed by atoms with Crippen molar-refractivity contribution in [3.05, 3.63) is 105 Å². The van der Waals surface area contributed by atoms with Crippen LogP contribution >= 0.6 is 0 Å². The van der Waals surface area contributed by atoms with Crippen LogP contribution in [0.5, 0.6) is 0 Å². The summed E-state index contributed by atoms with van der Waals surface area (Å²) in [7, 11) is 1.62. The van der Waals surface area contributed by atoms with Crippen molar-refractivity contribution >= 4 is 22.5 Å². The van der Waals surface area contributed by atoms with E-state index in [0.717, 1.165) is 12.3 Å². The minimum atomic E-state index is -4.55. The summed E-state index contributed by atoms with van der Waals surface area (Å²) in [5.41, 5.74) is 1.29. The zero-order valence-electron chi connectivity index (χ0n) is 22.2. The van der Waals surface area contributed by atoms with Gasteiger partial charge in [-0.3, -0.25) is 14.7 Å². The smallest absolute Gasteiger partial charge is 0.395 e. The number of aryl methyl sites for hydroxylation is 1. The number of piperazine rings is 1.